The number of hydrogen-bond donors (Lipinski definition) is 0. The molecule has 0 fully saturated rings. The molecule has 2 nitrogen and oxygen atoms in total. The summed E-state index contributed by atoms with van der Waals surface area (Å²) in [4.78, 5) is 2.33. The summed E-state index contributed by atoms with van der Waals surface area (Å²) < 4.78 is 0. The predicted molar refractivity (Wildman–Crippen MR) is 272 cm³/mol. The van der Waals surface area contributed by atoms with Crippen molar-refractivity contribution < 1.29 is 0 Å². The highest BCUT2D eigenvalue weighted by molar-refractivity contribution is 6.22. The molecule has 2 heteroatoms. The van der Waals surface area contributed by atoms with Gasteiger partial charge >= 0.3 is 0 Å². The minimum absolute atomic E-state index is 0.110. The molecule has 0 saturated heterocycles. The molecule has 0 heterocycles. The van der Waals surface area contributed by atoms with Gasteiger partial charge in [0, 0.05) is 33.5 Å². The van der Waals surface area contributed by atoms with Crippen molar-refractivity contribution >= 4 is 32.9 Å². The molecule has 12 rings (SSSR count). The van der Waals surface area contributed by atoms with Crippen molar-refractivity contribution in [2.45, 2.75) is 51.4 Å². The van der Waals surface area contributed by atoms with E-state index in [1.165, 1.54) is 99.6 Å². The monoisotopic (exact) mass is 832 g/mol. The lowest BCUT2D eigenvalue weighted by Gasteiger charge is -2.29. The van der Waals surface area contributed by atoms with Crippen LogP contribution in [0.15, 0.2) is 205 Å². The Kier molecular flexibility index (Phi) is 8.78. The molecule has 0 radical (unpaired) electrons. The quantitative estimate of drug-likeness (QED) is 0.156. The van der Waals surface area contributed by atoms with Crippen LogP contribution in [-0.2, 0) is 10.8 Å². The van der Waals surface area contributed by atoms with Gasteiger partial charge in [0.2, 0.25) is 0 Å². The van der Waals surface area contributed by atoms with Gasteiger partial charge in [-0.05, 0) is 167 Å². The molecule has 0 unspecified atom stereocenters. The van der Waals surface area contributed by atoms with Crippen LogP contribution >= 0.6 is 0 Å². The zero-order valence-corrected chi connectivity index (χ0v) is 37.3. The van der Waals surface area contributed by atoms with Crippen molar-refractivity contribution in [2.75, 3.05) is 4.90 Å². The van der Waals surface area contributed by atoms with Crippen LogP contribution < -0.4 is 4.90 Å². The molecule has 0 spiro atoms. The summed E-state index contributed by atoms with van der Waals surface area (Å²) in [5.41, 5.74) is 22.2. The first kappa shape index (κ1) is 38.9. The van der Waals surface area contributed by atoms with E-state index in [2.05, 4.69) is 227 Å². The summed E-state index contributed by atoms with van der Waals surface area (Å²) in [7, 11) is 0. The van der Waals surface area contributed by atoms with Crippen molar-refractivity contribution in [1.82, 2.24) is 0 Å². The zero-order valence-electron chi connectivity index (χ0n) is 37.3. The molecule has 0 saturated carbocycles. The van der Waals surface area contributed by atoms with Crippen LogP contribution in [0, 0.1) is 11.3 Å². The van der Waals surface area contributed by atoms with Gasteiger partial charge in [-0.2, -0.15) is 5.26 Å². The van der Waals surface area contributed by atoms with E-state index in [9.17, 15) is 5.26 Å². The van der Waals surface area contributed by atoms with Crippen LogP contribution in [0.3, 0.4) is 0 Å². The largest absolute Gasteiger partial charge is 0.314 e. The number of allylic oxidation sites excluding steroid dienone is 4. The van der Waals surface area contributed by atoms with Crippen molar-refractivity contribution in [2.24, 2.45) is 0 Å². The second-order valence-electron chi connectivity index (χ2n) is 19.1. The van der Waals surface area contributed by atoms with Crippen molar-refractivity contribution in [3.63, 3.8) is 0 Å². The lowest BCUT2D eigenvalue weighted by molar-refractivity contribution is 0.660. The Bertz CT molecular complexity index is 3540. The second kappa shape index (κ2) is 14.7. The fourth-order valence-corrected chi connectivity index (χ4v) is 11.5. The molecule has 0 N–H and O–H groups in total. The molecule has 0 aromatic heterocycles. The third-order valence-corrected chi connectivity index (χ3v) is 14.8. The smallest absolute Gasteiger partial charge is 0.0947 e. The number of rotatable bonds is 6. The van der Waals surface area contributed by atoms with Crippen molar-refractivity contribution in [3.8, 4) is 61.7 Å². The van der Waals surface area contributed by atoms with E-state index in [0.29, 0.717) is 0 Å². The Labute approximate surface area is 382 Å². The first-order valence-corrected chi connectivity index (χ1v) is 22.9. The number of fused-ring (bicyclic) bond motifs is 8. The Morgan fingerprint density at radius 2 is 0.877 bits per heavy atom. The van der Waals surface area contributed by atoms with Crippen LogP contribution in [0.25, 0.3) is 77.2 Å². The molecule has 9 aromatic rings. The third-order valence-electron chi connectivity index (χ3n) is 14.8. The number of hydrogen-bond acceptors (Lipinski definition) is 2. The maximum atomic E-state index is 9.58. The van der Waals surface area contributed by atoms with Crippen LogP contribution in [0.4, 0.5) is 11.4 Å². The second-order valence-corrected chi connectivity index (χ2v) is 19.1. The normalized spacial score (nSPS) is 15.1. The molecule has 0 amide bonds. The first-order chi connectivity index (χ1) is 31.7. The van der Waals surface area contributed by atoms with Crippen LogP contribution in [-0.4, -0.2) is 0 Å². The third kappa shape index (κ3) is 5.99. The minimum atomic E-state index is -0.120. The van der Waals surface area contributed by atoms with Gasteiger partial charge in [0.15, 0.2) is 0 Å². The Hall–Kier alpha value is -7.73. The number of nitriles is 1. The summed E-state index contributed by atoms with van der Waals surface area (Å²) in [6.45, 7) is 9.50. The van der Waals surface area contributed by atoms with Gasteiger partial charge in [0.05, 0.1) is 6.07 Å². The van der Waals surface area contributed by atoms with E-state index in [1.54, 1.807) is 0 Å². The summed E-state index contributed by atoms with van der Waals surface area (Å²) in [6.07, 6.45) is 5.62. The van der Waals surface area contributed by atoms with E-state index >= 15 is 0 Å². The molecular formula is C63H48N2. The molecule has 0 atom stereocenters. The highest BCUT2D eigenvalue weighted by atomic mass is 15.1. The van der Waals surface area contributed by atoms with Crippen LogP contribution in [0.5, 0.6) is 0 Å². The molecule has 3 aliphatic rings. The number of benzene rings is 9. The van der Waals surface area contributed by atoms with E-state index < -0.39 is 0 Å². The maximum absolute atomic E-state index is 9.58. The highest BCUT2D eigenvalue weighted by Crippen LogP contribution is 2.54. The number of nitrogens with zero attached hydrogens (tertiary/aromatic N) is 2. The predicted octanol–water partition coefficient (Wildman–Crippen LogP) is 16.9. The summed E-state index contributed by atoms with van der Waals surface area (Å²) in [5, 5.41) is 14.6. The maximum Gasteiger partial charge on any atom is 0.0947 e. The van der Waals surface area contributed by atoms with E-state index in [0.717, 1.165) is 35.4 Å². The Morgan fingerprint density at radius 1 is 0.400 bits per heavy atom. The fourth-order valence-electron chi connectivity index (χ4n) is 11.5. The molecule has 65 heavy (non-hydrogen) atoms. The summed E-state index contributed by atoms with van der Waals surface area (Å²) in [5.74, 6) is 0. The number of para-hydroxylation sites is 1. The fraction of sp³-hybridized carbons (Fsp3) is 0.127. The van der Waals surface area contributed by atoms with Crippen LogP contribution in [0.1, 0.15) is 62.8 Å². The molecule has 310 valence electrons. The molecule has 0 aliphatic heterocycles. The molecular weight excluding hydrogens is 785 g/mol. The summed E-state index contributed by atoms with van der Waals surface area (Å²) >= 11 is 0. The SMILES string of the molecule is CC1(C)c2ccccc2-c2ccc(-c3c4ccccc4c(-c4ccc5c(c4)C(C)(C)c4ccccc4-5)c4cc(-c5ccc(N(C6=CC=C(C#N)CC6)c6ccccc6)cc5)ccc34)cc21. The topological polar surface area (TPSA) is 27.0 Å². The van der Waals surface area contributed by atoms with Gasteiger partial charge in [-0.15, -0.1) is 0 Å². The van der Waals surface area contributed by atoms with Crippen molar-refractivity contribution in [1.29, 1.82) is 5.26 Å². The average molecular weight is 833 g/mol. The van der Waals surface area contributed by atoms with E-state index in [1.807, 2.05) is 6.08 Å². The van der Waals surface area contributed by atoms with E-state index in [-0.39, 0.29) is 10.8 Å². The van der Waals surface area contributed by atoms with Gasteiger partial charge in [-0.25, -0.2) is 0 Å². The molecule has 0 bridgehead atoms. The Morgan fingerprint density at radius 3 is 1.45 bits per heavy atom. The zero-order chi connectivity index (χ0) is 44.0. The van der Waals surface area contributed by atoms with Gasteiger partial charge in [0.25, 0.3) is 0 Å². The molecule has 9 aromatic carbocycles. The van der Waals surface area contributed by atoms with Crippen molar-refractivity contribution in [3.05, 3.63) is 228 Å². The van der Waals surface area contributed by atoms with Crippen LogP contribution in [0.2, 0.25) is 0 Å². The minimum Gasteiger partial charge on any atom is -0.314 e. The standard InChI is InChI=1S/C63H48N2/c1-62(2)56-20-12-10-16-48(56)50-33-27-43(37-58(50)62)60-52-18-8-9-19-53(52)61(44-28-34-51-49-17-11-13-21-57(49)63(3,4)59(51)38-44)55-36-42(26-35-54(55)60)41-24-31-47(32-25-41)65(45-14-6-5-7-15-45)46-29-22-40(39-64)23-30-46/h5-22,24-29,31-38H,23,30H2,1-4H3. The highest BCUT2D eigenvalue weighted by Gasteiger charge is 2.37. The Balaban J connectivity index is 1.06. The van der Waals surface area contributed by atoms with Gasteiger partial charge < -0.3 is 4.90 Å². The van der Waals surface area contributed by atoms with Gasteiger partial charge in [-0.3, -0.25) is 0 Å². The summed E-state index contributed by atoms with van der Waals surface area (Å²) in [6, 6.07) is 70.4. The lowest BCUT2D eigenvalue weighted by Crippen LogP contribution is -2.17. The van der Waals surface area contributed by atoms with Gasteiger partial charge in [0.1, 0.15) is 0 Å². The number of anilines is 2. The van der Waals surface area contributed by atoms with E-state index in [4.69, 9.17) is 0 Å². The lowest BCUT2D eigenvalue weighted by atomic mass is 9.79. The van der Waals surface area contributed by atoms with Gasteiger partial charge in [-0.1, -0.05) is 167 Å². The molecule has 3 aliphatic carbocycles. The first-order valence-electron chi connectivity index (χ1n) is 22.9. The average Bonchev–Trinajstić information content (AvgIpc) is 3.72.